The Morgan fingerprint density at radius 2 is 2.00 bits per heavy atom. The van der Waals surface area contributed by atoms with Crippen molar-refractivity contribution < 1.29 is 9.18 Å². The molecule has 14 heavy (non-hydrogen) atoms. The lowest BCUT2D eigenvalue weighted by Crippen LogP contribution is -2.52. The predicted octanol–water partition coefficient (Wildman–Crippen LogP) is -0.553. The van der Waals surface area contributed by atoms with Crippen LogP contribution >= 0.6 is 0 Å². The number of nitrogens with zero attached hydrogens (tertiary/aromatic N) is 2. The summed E-state index contributed by atoms with van der Waals surface area (Å²) in [5.74, 6) is -0.00935. The van der Waals surface area contributed by atoms with Gasteiger partial charge < -0.3 is 10.6 Å². The molecule has 1 aliphatic rings. The smallest absolute Gasteiger partial charge is 0.239 e. The van der Waals surface area contributed by atoms with Gasteiger partial charge in [-0.15, -0.1) is 0 Å². The van der Waals surface area contributed by atoms with Crippen LogP contribution < -0.4 is 5.73 Å². The Kier molecular flexibility index (Phi) is 4.28. The fourth-order valence-electron chi connectivity index (χ4n) is 1.60. The highest BCUT2D eigenvalue weighted by atomic mass is 19.1. The van der Waals surface area contributed by atoms with E-state index in [4.69, 9.17) is 5.73 Å². The molecule has 5 heteroatoms. The second-order valence-electron chi connectivity index (χ2n) is 3.64. The van der Waals surface area contributed by atoms with Gasteiger partial charge in [-0.05, 0) is 6.92 Å². The summed E-state index contributed by atoms with van der Waals surface area (Å²) in [6, 6.07) is -0.428. The van der Waals surface area contributed by atoms with E-state index in [-0.39, 0.29) is 12.6 Å². The van der Waals surface area contributed by atoms with Gasteiger partial charge in [-0.2, -0.15) is 0 Å². The lowest BCUT2D eigenvalue weighted by molar-refractivity contribution is -0.133. The van der Waals surface area contributed by atoms with E-state index in [0.717, 1.165) is 13.1 Å². The van der Waals surface area contributed by atoms with Crippen LogP contribution in [-0.4, -0.2) is 61.1 Å². The van der Waals surface area contributed by atoms with Gasteiger partial charge in [0.15, 0.2) is 0 Å². The number of carbonyl (C=O) groups excluding carboxylic acids is 1. The van der Waals surface area contributed by atoms with Crippen LogP contribution in [0, 0.1) is 0 Å². The Morgan fingerprint density at radius 1 is 1.43 bits per heavy atom. The molecule has 1 atom stereocenters. The third-order valence-electron chi connectivity index (χ3n) is 2.47. The van der Waals surface area contributed by atoms with Crippen LogP contribution in [0.1, 0.15) is 6.92 Å². The summed E-state index contributed by atoms with van der Waals surface area (Å²) in [5, 5.41) is 0. The van der Waals surface area contributed by atoms with E-state index in [2.05, 4.69) is 0 Å². The number of hydrogen-bond donors (Lipinski definition) is 1. The molecule has 0 saturated carbocycles. The fraction of sp³-hybridized carbons (Fsp3) is 0.889. The van der Waals surface area contributed by atoms with Crippen molar-refractivity contribution in [3.8, 4) is 0 Å². The van der Waals surface area contributed by atoms with Crippen molar-refractivity contribution in [2.75, 3.05) is 39.4 Å². The summed E-state index contributed by atoms with van der Waals surface area (Å²) >= 11 is 0. The monoisotopic (exact) mass is 203 g/mol. The van der Waals surface area contributed by atoms with E-state index in [1.54, 1.807) is 11.8 Å². The van der Waals surface area contributed by atoms with E-state index < -0.39 is 6.04 Å². The average molecular weight is 203 g/mol. The third-order valence-corrected chi connectivity index (χ3v) is 2.47. The molecule has 0 spiro atoms. The minimum Gasteiger partial charge on any atom is -0.339 e. The summed E-state index contributed by atoms with van der Waals surface area (Å²) in [4.78, 5) is 15.2. The molecule has 1 unspecified atom stereocenters. The SMILES string of the molecule is CC(N)C(=O)N1CCN(CCF)CC1. The van der Waals surface area contributed by atoms with Crippen molar-refractivity contribution in [3.05, 3.63) is 0 Å². The molecular formula is C9H18FN3O. The molecule has 1 rings (SSSR count). The van der Waals surface area contributed by atoms with Crippen LogP contribution in [-0.2, 0) is 4.79 Å². The number of nitrogens with two attached hydrogens (primary N) is 1. The molecule has 1 heterocycles. The van der Waals surface area contributed by atoms with Crippen molar-refractivity contribution in [1.29, 1.82) is 0 Å². The van der Waals surface area contributed by atoms with Crippen LogP contribution in [0.3, 0.4) is 0 Å². The Balaban J connectivity index is 2.32. The van der Waals surface area contributed by atoms with Crippen molar-refractivity contribution in [1.82, 2.24) is 9.80 Å². The quantitative estimate of drug-likeness (QED) is 0.669. The zero-order valence-electron chi connectivity index (χ0n) is 8.58. The molecule has 0 aromatic rings. The van der Waals surface area contributed by atoms with E-state index in [9.17, 15) is 9.18 Å². The number of halogens is 1. The van der Waals surface area contributed by atoms with Gasteiger partial charge in [-0.25, -0.2) is 4.39 Å². The molecule has 1 amide bonds. The Labute approximate surface area is 83.8 Å². The summed E-state index contributed by atoms with van der Waals surface area (Å²) < 4.78 is 12.0. The van der Waals surface area contributed by atoms with E-state index in [0.29, 0.717) is 19.6 Å². The summed E-state index contributed by atoms with van der Waals surface area (Å²) in [6.07, 6.45) is 0. The molecular weight excluding hydrogens is 185 g/mol. The van der Waals surface area contributed by atoms with Crippen molar-refractivity contribution in [2.24, 2.45) is 5.73 Å². The molecule has 1 fully saturated rings. The fourth-order valence-corrected chi connectivity index (χ4v) is 1.60. The van der Waals surface area contributed by atoms with Crippen LogP contribution in [0.25, 0.3) is 0 Å². The van der Waals surface area contributed by atoms with Gasteiger partial charge in [0.05, 0.1) is 6.04 Å². The first-order chi connectivity index (χ1) is 6.65. The highest BCUT2D eigenvalue weighted by Gasteiger charge is 2.22. The maximum Gasteiger partial charge on any atom is 0.239 e. The maximum absolute atomic E-state index is 12.0. The maximum atomic E-state index is 12.0. The zero-order valence-corrected chi connectivity index (χ0v) is 8.58. The first kappa shape index (κ1) is 11.4. The molecule has 0 aliphatic carbocycles. The summed E-state index contributed by atoms with van der Waals surface area (Å²) in [7, 11) is 0. The molecule has 4 nitrogen and oxygen atoms in total. The van der Waals surface area contributed by atoms with Gasteiger partial charge in [0, 0.05) is 32.7 Å². The van der Waals surface area contributed by atoms with Gasteiger partial charge in [-0.1, -0.05) is 0 Å². The van der Waals surface area contributed by atoms with Crippen LogP contribution in [0.15, 0.2) is 0 Å². The van der Waals surface area contributed by atoms with E-state index in [1.165, 1.54) is 0 Å². The normalized spacial score (nSPS) is 20.9. The highest BCUT2D eigenvalue weighted by Crippen LogP contribution is 2.02. The predicted molar refractivity (Wildman–Crippen MR) is 52.6 cm³/mol. The molecule has 0 aromatic heterocycles. The van der Waals surface area contributed by atoms with E-state index >= 15 is 0 Å². The molecule has 1 aliphatic heterocycles. The summed E-state index contributed by atoms with van der Waals surface area (Å²) in [5.41, 5.74) is 5.50. The first-order valence-electron chi connectivity index (χ1n) is 4.98. The Hall–Kier alpha value is -0.680. The Morgan fingerprint density at radius 3 is 2.43 bits per heavy atom. The van der Waals surface area contributed by atoms with Gasteiger partial charge in [0.1, 0.15) is 6.67 Å². The zero-order chi connectivity index (χ0) is 10.6. The van der Waals surface area contributed by atoms with Gasteiger partial charge >= 0.3 is 0 Å². The first-order valence-corrected chi connectivity index (χ1v) is 4.98. The molecule has 0 bridgehead atoms. The molecule has 0 aromatic carbocycles. The molecule has 82 valence electrons. The second-order valence-corrected chi connectivity index (χ2v) is 3.64. The van der Waals surface area contributed by atoms with Gasteiger partial charge in [-0.3, -0.25) is 9.69 Å². The second kappa shape index (κ2) is 5.26. The number of alkyl halides is 1. The molecule has 2 N–H and O–H groups in total. The number of hydrogen-bond acceptors (Lipinski definition) is 3. The van der Waals surface area contributed by atoms with Gasteiger partial charge in [0.25, 0.3) is 0 Å². The van der Waals surface area contributed by atoms with Crippen molar-refractivity contribution in [2.45, 2.75) is 13.0 Å². The number of amides is 1. The number of rotatable bonds is 3. The molecule has 0 radical (unpaired) electrons. The number of piperazine rings is 1. The average Bonchev–Trinajstić information content (AvgIpc) is 2.18. The van der Waals surface area contributed by atoms with Crippen LogP contribution in [0.4, 0.5) is 4.39 Å². The summed E-state index contributed by atoms with van der Waals surface area (Å²) in [6.45, 7) is 4.68. The Bertz CT molecular complexity index is 190. The standard InChI is InChI=1S/C9H18FN3O/c1-8(11)9(14)13-6-4-12(3-2-10)5-7-13/h8H,2-7,11H2,1H3. The van der Waals surface area contributed by atoms with E-state index in [1.807, 2.05) is 4.90 Å². The van der Waals surface area contributed by atoms with Gasteiger partial charge in [0.2, 0.25) is 5.91 Å². The van der Waals surface area contributed by atoms with Crippen LogP contribution in [0.2, 0.25) is 0 Å². The molecule has 1 saturated heterocycles. The minimum absolute atomic E-state index is 0.00935. The topological polar surface area (TPSA) is 49.6 Å². The van der Waals surface area contributed by atoms with Crippen molar-refractivity contribution >= 4 is 5.91 Å². The lowest BCUT2D eigenvalue weighted by atomic mass is 10.2. The third kappa shape index (κ3) is 2.92. The lowest BCUT2D eigenvalue weighted by Gasteiger charge is -2.34. The largest absolute Gasteiger partial charge is 0.339 e. The van der Waals surface area contributed by atoms with Crippen LogP contribution in [0.5, 0.6) is 0 Å². The minimum atomic E-state index is -0.428. The number of carbonyl (C=O) groups is 1. The van der Waals surface area contributed by atoms with Crippen molar-refractivity contribution in [3.63, 3.8) is 0 Å². The highest BCUT2D eigenvalue weighted by molar-refractivity contribution is 5.81.